The highest BCUT2D eigenvalue weighted by molar-refractivity contribution is 7.92. The van der Waals surface area contributed by atoms with Gasteiger partial charge in [-0.25, -0.2) is 8.42 Å². The van der Waals surface area contributed by atoms with Crippen LogP contribution in [0.25, 0.3) is 0 Å². The van der Waals surface area contributed by atoms with E-state index in [1.807, 2.05) is 49.4 Å². The van der Waals surface area contributed by atoms with Gasteiger partial charge in [-0.05, 0) is 50.8 Å². The van der Waals surface area contributed by atoms with Gasteiger partial charge in [0.25, 0.3) is 0 Å². The molecular formula is C26H35N3O4S. The first-order valence-corrected chi connectivity index (χ1v) is 13.7. The summed E-state index contributed by atoms with van der Waals surface area (Å²) in [5.41, 5.74) is 2.46. The maximum atomic E-state index is 13.5. The molecule has 0 saturated heterocycles. The van der Waals surface area contributed by atoms with Crippen LogP contribution in [0.4, 0.5) is 5.69 Å². The molecule has 3 rings (SSSR count). The van der Waals surface area contributed by atoms with Gasteiger partial charge in [0, 0.05) is 12.6 Å². The van der Waals surface area contributed by atoms with Crippen LogP contribution in [0.3, 0.4) is 0 Å². The second-order valence-corrected chi connectivity index (χ2v) is 11.0. The van der Waals surface area contributed by atoms with Crippen molar-refractivity contribution in [3.05, 3.63) is 65.7 Å². The van der Waals surface area contributed by atoms with E-state index in [2.05, 4.69) is 5.32 Å². The molecule has 0 unspecified atom stereocenters. The molecule has 0 bridgehead atoms. The summed E-state index contributed by atoms with van der Waals surface area (Å²) in [5, 5.41) is 3.07. The van der Waals surface area contributed by atoms with Crippen LogP contribution in [0.1, 0.15) is 43.7 Å². The minimum atomic E-state index is -3.71. The third-order valence-corrected chi connectivity index (χ3v) is 7.49. The zero-order valence-corrected chi connectivity index (χ0v) is 21.1. The molecule has 2 amide bonds. The third-order valence-electron chi connectivity index (χ3n) is 6.35. The molecule has 34 heavy (non-hydrogen) atoms. The molecule has 8 heteroatoms. The molecule has 1 atom stereocenters. The minimum Gasteiger partial charge on any atom is -0.352 e. The Morgan fingerprint density at radius 2 is 1.65 bits per heavy atom. The quantitative estimate of drug-likeness (QED) is 0.560. The van der Waals surface area contributed by atoms with Crippen LogP contribution in [-0.2, 0) is 26.0 Å². The van der Waals surface area contributed by atoms with Crippen molar-refractivity contribution < 1.29 is 18.0 Å². The highest BCUT2D eigenvalue weighted by Crippen LogP contribution is 2.20. The summed E-state index contributed by atoms with van der Waals surface area (Å²) < 4.78 is 26.2. The maximum absolute atomic E-state index is 13.5. The van der Waals surface area contributed by atoms with Crippen LogP contribution in [-0.4, -0.2) is 56.6 Å². The topological polar surface area (TPSA) is 86.8 Å². The van der Waals surface area contributed by atoms with Gasteiger partial charge in [-0.15, -0.1) is 0 Å². The molecule has 1 fully saturated rings. The Balaban J connectivity index is 1.81. The van der Waals surface area contributed by atoms with Crippen molar-refractivity contribution in [2.45, 2.75) is 58.0 Å². The first-order valence-electron chi connectivity index (χ1n) is 11.8. The van der Waals surface area contributed by atoms with Crippen molar-refractivity contribution in [2.24, 2.45) is 0 Å². The summed E-state index contributed by atoms with van der Waals surface area (Å²) in [7, 11) is -3.71. The van der Waals surface area contributed by atoms with E-state index >= 15 is 0 Å². The molecule has 1 aliphatic carbocycles. The number of anilines is 1. The second-order valence-electron chi connectivity index (χ2n) is 9.09. The minimum absolute atomic E-state index is 0.140. The number of carbonyl (C=O) groups is 2. The lowest BCUT2D eigenvalue weighted by atomic mass is 10.1. The number of rotatable bonds is 10. The molecule has 0 heterocycles. The molecular weight excluding hydrogens is 450 g/mol. The van der Waals surface area contributed by atoms with Gasteiger partial charge in [-0.3, -0.25) is 13.9 Å². The molecule has 0 aromatic heterocycles. The van der Waals surface area contributed by atoms with Gasteiger partial charge in [-0.1, -0.05) is 60.9 Å². The van der Waals surface area contributed by atoms with Gasteiger partial charge >= 0.3 is 0 Å². The van der Waals surface area contributed by atoms with E-state index in [1.165, 1.54) is 4.90 Å². The number of nitrogens with one attached hydrogen (secondary N) is 1. The van der Waals surface area contributed by atoms with E-state index < -0.39 is 22.0 Å². The van der Waals surface area contributed by atoms with Crippen LogP contribution in [0, 0.1) is 6.92 Å². The summed E-state index contributed by atoms with van der Waals surface area (Å²) in [6.45, 7) is 3.57. The first kappa shape index (κ1) is 25.7. The predicted molar refractivity (Wildman–Crippen MR) is 135 cm³/mol. The predicted octanol–water partition coefficient (Wildman–Crippen LogP) is 3.28. The zero-order chi connectivity index (χ0) is 24.7. The van der Waals surface area contributed by atoms with Gasteiger partial charge in [0.05, 0.1) is 11.9 Å². The second kappa shape index (κ2) is 11.5. The number of hydrogen-bond acceptors (Lipinski definition) is 4. The lowest BCUT2D eigenvalue weighted by molar-refractivity contribution is -0.139. The van der Waals surface area contributed by atoms with E-state index in [1.54, 1.807) is 19.1 Å². The fourth-order valence-corrected chi connectivity index (χ4v) is 5.14. The van der Waals surface area contributed by atoms with Crippen molar-refractivity contribution in [1.29, 1.82) is 0 Å². The Morgan fingerprint density at radius 3 is 2.24 bits per heavy atom. The monoisotopic (exact) mass is 485 g/mol. The summed E-state index contributed by atoms with van der Waals surface area (Å²) >= 11 is 0. The molecule has 0 aliphatic heterocycles. The number of benzene rings is 2. The van der Waals surface area contributed by atoms with Gasteiger partial charge < -0.3 is 10.2 Å². The molecule has 2 aromatic rings. The van der Waals surface area contributed by atoms with E-state index in [9.17, 15) is 18.0 Å². The molecule has 7 nitrogen and oxygen atoms in total. The number of hydrogen-bond donors (Lipinski definition) is 1. The maximum Gasteiger partial charge on any atom is 0.244 e. The molecule has 0 spiro atoms. The average molecular weight is 486 g/mol. The normalized spacial score (nSPS) is 15.0. The number of aryl methyl sites for hydroxylation is 1. The summed E-state index contributed by atoms with van der Waals surface area (Å²) in [6.07, 6.45) is 5.74. The molecule has 1 N–H and O–H groups in total. The third kappa shape index (κ3) is 7.06. The van der Waals surface area contributed by atoms with Crippen molar-refractivity contribution in [1.82, 2.24) is 10.2 Å². The number of carbonyl (C=O) groups excluding carboxylic acids is 2. The number of amides is 2. The van der Waals surface area contributed by atoms with Crippen molar-refractivity contribution >= 4 is 27.5 Å². The van der Waals surface area contributed by atoms with Crippen LogP contribution in [0.15, 0.2) is 54.6 Å². The molecule has 184 valence electrons. The largest absolute Gasteiger partial charge is 0.352 e. The molecule has 1 saturated carbocycles. The lowest BCUT2D eigenvalue weighted by Gasteiger charge is -2.32. The highest BCUT2D eigenvalue weighted by Gasteiger charge is 2.31. The highest BCUT2D eigenvalue weighted by atomic mass is 32.2. The van der Waals surface area contributed by atoms with Crippen LogP contribution in [0.5, 0.6) is 0 Å². The fourth-order valence-electron chi connectivity index (χ4n) is 4.29. The van der Waals surface area contributed by atoms with Gasteiger partial charge in [0.15, 0.2) is 0 Å². The van der Waals surface area contributed by atoms with E-state index in [0.717, 1.165) is 47.4 Å². The Labute approximate surface area is 203 Å². The Morgan fingerprint density at radius 1 is 1.03 bits per heavy atom. The lowest BCUT2D eigenvalue weighted by Crippen LogP contribution is -2.53. The Kier molecular flexibility index (Phi) is 8.72. The van der Waals surface area contributed by atoms with E-state index in [-0.39, 0.29) is 18.5 Å². The van der Waals surface area contributed by atoms with Crippen LogP contribution < -0.4 is 9.62 Å². The number of nitrogens with zero attached hydrogens (tertiary/aromatic N) is 2. The first-order chi connectivity index (χ1) is 16.1. The average Bonchev–Trinajstić information content (AvgIpc) is 3.31. The van der Waals surface area contributed by atoms with Crippen molar-refractivity contribution in [3.8, 4) is 0 Å². The molecule has 1 aliphatic rings. The fraction of sp³-hybridized carbons (Fsp3) is 0.462. The smallest absolute Gasteiger partial charge is 0.244 e. The summed E-state index contributed by atoms with van der Waals surface area (Å²) in [4.78, 5) is 28.0. The number of sulfonamides is 1. The van der Waals surface area contributed by atoms with E-state index in [4.69, 9.17) is 0 Å². The van der Waals surface area contributed by atoms with Crippen LogP contribution in [0.2, 0.25) is 0 Å². The van der Waals surface area contributed by atoms with Crippen LogP contribution >= 0.6 is 0 Å². The van der Waals surface area contributed by atoms with Gasteiger partial charge in [0.1, 0.15) is 12.6 Å². The SMILES string of the molecule is Cc1ccc(N(CC(=O)N(CCc2ccccc2)[C@H](C)C(=O)NC2CCCC2)S(C)(=O)=O)cc1. The molecule has 0 radical (unpaired) electrons. The summed E-state index contributed by atoms with van der Waals surface area (Å²) in [5.74, 6) is -0.606. The Hall–Kier alpha value is -2.87. The standard InChI is InChI=1S/C26H35N3O4S/c1-20-13-15-24(16-14-20)29(34(3,32)33)19-25(30)28(18-17-22-9-5-4-6-10-22)21(2)26(31)27-23-11-7-8-12-23/h4-6,9-10,13-16,21,23H,7-8,11-12,17-19H2,1-3H3,(H,27,31)/t21-/m1/s1. The van der Waals surface area contributed by atoms with Crippen molar-refractivity contribution in [2.75, 3.05) is 23.7 Å². The van der Waals surface area contributed by atoms with Crippen molar-refractivity contribution in [3.63, 3.8) is 0 Å². The molecule has 2 aromatic carbocycles. The zero-order valence-electron chi connectivity index (χ0n) is 20.2. The van der Waals surface area contributed by atoms with Gasteiger partial charge in [-0.2, -0.15) is 0 Å². The van der Waals surface area contributed by atoms with E-state index in [0.29, 0.717) is 18.7 Å². The summed E-state index contributed by atoms with van der Waals surface area (Å²) in [6, 6.07) is 16.2. The Bertz CT molecular complexity index is 1060. The van der Waals surface area contributed by atoms with Gasteiger partial charge in [0.2, 0.25) is 21.8 Å².